The molecule has 4 rings (SSSR count). The molecular formula is C18H19F2N7O. The second-order valence-corrected chi connectivity index (χ2v) is 6.35. The molecule has 0 radical (unpaired) electrons. The number of rotatable bonds is 6. The van der Waals surface area contributed by atoms with Gasteiger partial charge in [-0.15, -0.1) is 15.3 Å². The molecular weight excluding hydrogens is 368 g/mol. The largest absolute Gasteiger partial charge is 0.470 e. The maximum absolute atomic E-state index is 12.7. The van der Waals surface area contributed by atoms with Crippen molar-refractivity contribution in [3.63, 3.8) is 0 Å². The lowest BCUT2D eigenvalue weighted by Crippen LogP contribution is -2.22. The number of benzene rings is 1. The van der Waals surface area contributed by atoms with E-state index in [1.165, 1.54) is 12.1 Å². The third kappa shape index (κ3) is 3.82. The lowest BCUT2D eigenvalue weighted by molar-refractivity contribution is 0.151. The Labute approximate surface area is 159 Å². The van der Waals surface area contributed by atoms with E-state index < -0.39 is 6.43 Å². The Hall–Kier alpha value is -2.98. The summed E-state index contributed by atoms with van der Waals surface area (Å²) in [5.74, 6) is 0.377. The predicted octanol–water partition coefficient (Wildman–Crippen LogP) is 2.07. The number of aromatic nitrogens is 5. The molecule has 1 aliphatic rings. The smallest absolute Gasteiger partial charge is 0.263 e. The molecule has 0 saturated carbocycles. The molecule has 2 N–H and O–H groups in total. The molecule has 0 amide bonds. The molecule has 3 heterocycles. The highest BCUT2D eigenvalue weighted by Gasteiger charge is 2.17. The van der Waals surface area contributed by atoms with Crippen molar-refractivity contribution in [1.82, 2.24) is 35.8 Å². The van der Waals surface area contributed by atoms with Crippen LogP contribution in [0, 0.1) is 6.92 Å². The molecule has 1 aliphatic heterocycles. The summed E-state index contributed by atoms with van der Waals surface area (Å²) in [6.45, 7) is 3.75. The fraction of sp³-hybridized carbons (Fsp3) is 0.333. The van der Waals surface area contributed by atoms with Crippen molar-refractivity contribution in [3.05, 3.63) is 59.0 Å². The van der Waals surface area contributed by atoms with E-state index in [-0.39, 0.29) is 18.3 Å². The SMILES string of the molecule is Cc1nnn(-c2ccc(C(F)F)cc2)c1COc1ccc(C2NCCN2)nn1. The van der Waals surface area contributed by atoms with Gasteiger partial charge in [0, 0.05) is 24.7 Å². The Morgan fingerprint density at radius 1 is 1.07 bits per heavy atom. The van der Waals surface area contributed by atoms with Crippen LogP contribution in [0.5, 0.6) is 5.88 Å². The van der Waals surface area contributed by atoms with Crippen molar-refractivity contribution in [1.29, 1.82) is 0 Å². The number of nitrogens with zero attached hydrogens (tertiary/aromatic N) is 5. The Morgan fingerprint density at radius 3 is 2.46 bits per heavy atom. The third-order valence-electron chi connectivity index (χ3n) is 4.48. The fourth-order valence-corrected chi connectivity index (χ4v) is 2.93. The number of hydrogen-bond donors (Lipinski definition) is 2. The zero-order chi connectivity index (χ0) is 19.5. The van der Waals surface area contributed by atoms with Gasteiger partial charge in [0.25, 0.3) is 6.43 Å². The molecule has 3 aromatic rings. The van der Waals surface area contributed by atoms with Gasteiger partial charge in [0.2, 0.25) is 5.88 Å². The fourth-order valence-electron chi connectivity index (χ4n) is 2.93. The molecule has 0 bridgehead atoms. The summed E-state index contributed by atoms with van der Waals surface area (Å²) >= 11 is 0. The molecule has 146 valence electrons. The summed E-state index contributed by atoms with van der Waals surface area (Å²) in [5, 5.41) is 23.0. The van der Waals surface area contributed by atoms with Gasteiger partial charge in [-0.3, -0.25) is 10.6 Å². The van der Waals surface area contributed by atoms with Gasteiger partial charge < -0.3 is 4.74 Å². The van der Waals surface area contributed by atoms with Crippen LogP contribution < -0.4 is 15.4 Å². The van der Waals surface area contributed by atoms with Gasteiger partial charge in [0.1, 0.15) is 18.5 Å². The molecule has 28 heavy (non-hydrogen) atoms. The third-order valence-corrected chi connectivity index (χ3v) is 4.48. The molecule has 2 aromatic heterocycles. The highest BCUT2D eigenvalue weighted by atomic mass is 19.3. The number of aryl methyl sites for hydroxylation is 1. The first-order valence-electron chi connectivity index (χ1n) is 8.84. The summed E-state index contributed by atoms with van der Waals surface area (Å²) in [5.41, 5.74) is 2.77. The normalized spacial score (nSPS) is 14.7. The first kappa shape index (κ1) is 18.4. The minimum absolute atomic E-state index is 0.00522. The van der Waals surface area contributed by atoms with Crippen LogP contribution in [0.1, 0.15) is 35.2 Å². The molecule has 10 heteroatoms. The quantitative estimate of drug-likeness (QED) is 0.669. The Kier molecular flexibility index (Phi) is 5.22. The minimum Gasteiger partial charge on any atom is -0.470 e. The van der Waals surface area contributed by atoms with Crippen LogP contribution in [0.25, 0.3) is 5.69 Å². The van der Waals surface area contributed by atoms with Crippen LogP contribution >= 0.6 is 0 Å². The second-order valence-electron chi connectivity index (χ2n) is 6.35. The highest BCUT2D eigenvalue weighted by molar-refractivity contribution is 5.36. The zero-order valence-corrected chi connectivity index (χ0v) is 15.1. The molecule has 1 fully saturated rings. The molecule has 1 saturated heterocycles. The summed E-state index contributed by atoms with van der Waals surface area (Å²) in [7, 11) is 0. The van der Waals surface area contributed by atoms with E-state index in [1.54, 1.807) is 22.9 Å². The number of halogens is 2. The van der Waals surface area contributed by atoms with Crippen molar-refractivity contribution >= 4 is 0 Å². The lowest BCUT2D eigenvalue weighted by Gasteiger charge is -2.11. The average Bonchev–Trinajstić information content (AvgIpc) is 3.37. The molecule has 0 unspecified atom stereocenters. The van der Waals surface area contributed by atoms with Crippen LogP contribution in [0.2, 0.25) is 0 Å². The number of hydrogen-bond acceptors (Lipinski definition) is 7. The van der Waals surface area contributed by atoms with Crippen molar-refractivity contribution < 1.29 is 13.5 Å². The van der Waals surface area contributed by atoms with Gasteiger partial charge in [-0.1, -0.05) is 17.3 Å². The Balaban J connectivity index is 1.47. The number of ether oxygens (including phenoxy) is 1. The first-order valence-corrected chi connectivity index (χ1v) is 8.84. The summed E-state index contributed by atoms with van der Waals surface area (Å²) in [6, 6.07) is 9.51. The van der Waals surface area contributed by atoms with Gasteiger partial charge in [-0.25, -0.2) is 13.5 Å². The molecule has 0 spiro atoms. The van der Waals surface area contributed by atoms with Gasteiger partial charge in [0.15, 0.2) is 0 Å². The molecule has 0 aliphatic carbocycles. The monoisotopic (exact) mass is 387 g/mol. The van der Waals surface area contributed by atoms with Crippen LogP contribution in [-0.2, 0) is 6.61 Å². The first-order chi connectivity index (χ1) is 13.6. The van der Waals surface area contributed by atoms with E-state index in [0.717, 1.165) is 18.8 Å². The van der Waals surface area contributed by atoms with E-state index in [4.69, 9.17) is 4.74 Å². The molecule has 1 aromatic carbocycles. The van der Waals surface area contributed by atoms with Crippen LogP contribution in [0.15, 0.2) is 36.4 Å². The average molecular weight is 387 g/mol. The predicted molar refractivity (Wildman–Crippen MR) is 96.2 cm³/mol. The van der Waals surface area contributed by atoms with Crippen molar-refractivity contribution in [2.75, 3.05) is 13.1 Å². The lowest BCUT2D eigenvalue weighted by atomic mass is 10.2. The van der Waals surface area contributed by atoms with Gasteiger partial charge >= 0.3 is 0 Å². The van der Waals surface area contributed by atoms with Crippen molar-refractivity contribution in [2.24, 2.45) is 0 Å². The van der Waals surface area contributed by atoms with Crippen LogP contribution in [-0.4, -0.2) is 38.3 Å². The maximum atomic E-state index is 12.7. The standard InChI is InChI=1S/C18H19F2N7O/c1-11-15(27(26-23-11)13-4-2-12(3-5-13)17(19)20)10-28-16-7-6-14(24-25-16)18-21-8-9-22-18/h2-7,17-18,21-22H,8-10H2,1H3. The van der Waals surface area contributed by atoms with Gasteiger partial charge in [-0.2, -0.15) is 0 Å². The van der Waals surface area contributed by atoms with Crippen LogP contribution in [0.4, 0.5) is 8.78 Å². The summed E-state index contributed by atoms with van der Waals surface area (Å²) in [4.78, 5) is 0. The van der Waals surface area contributed by atoms with E-state index in [9.17, 15) is 8.78 Å². The summed E-state index contributed by atoms with van der Waals surface area (Å²) < 4.78 is 32.8. The van der Waals surface area contributed by atoms with Crippen molar-refractivity contribution in [2.45, 2.75) is 26.1 Å². The minimum atomic E-state index is -2.51. The van der Waals surface area contributed by atoms with E-state index in [1.807, 2.05) is 13.0 Å². The Morgan fingerprint density at radius 2 is 1.82 bits per heavy atom. The molecule has 0 atom stereocenters. The van der Waals surface area contributed by atoms with Gasteiger partial charge in [-0.05, 0) is 25.1 Å². The summed E-state index contributed by atoms with van der Waals surface area (Å²) in [6.07, 6.45) is -2.50. The Bertz CT molecular complexity index is 922. The highest BCUT2D eigenvalue weighted by Crippen LogP contribution is 2.21. The number of alkyl halides is 2. The van der Waals surface area contributed by atoms with Crippen LogP contribution in [0.3, 0.4) is 0 Å². The van der Waals surface area contributed by atoms with E-state index >= 15 is 0 Å². The maximum Gasteiger partial charge on any atom is 0.263 e. The van der Waals surface area contributed by atoms with Crippen molar-refractivity contribution in [3.8, 4) is 11.6 Å². The van der Waals surface area contributed by atoms with E-state index in [2.05, 4.69) is 31.1 Å². The van der Waals surface area contributed by atoms with Gasteiger partial charge in [0.05, 0.1) is 17.1 Å². The topological polar surface area (TPSA) is 89.8 Å². The van der Waals surface area contributed by atoms with E-state index in [0.29, 0.717) is 23.0 Å². The number of nitrogens with one attached hydrogen (secondary N) is 2. The second kappa shape index (κ2) is 7.95. The molecule has 8 nitrogen and oxygen atoms in total. The zero-order valence-electron chi connectivity index (χ0n) is 15.1.